The fraction of sp³-hybridized carbons (Fsp3) is 0.938. The van der Waals surface area contributed by atoms with Crippen molar-refractivity contribution in [3.63, 3.8) is 0 Å². The van der Waals surface area contributed by atoms with Crippen molar-refractivity contribution in [3.05, 3.63) is 0 Å². The molecule has 2 heterocycles. The number of likely N-dealkylation sites (tertiary alicyclic amines) is 2. The molecule has 114 valence electrons. The lowest BCUT2D eigenvalue weighted by Crippen LogP contribution is -2.41. The van der Waals surface area contributed by atoms with E-state index in [1.807, 2.05) is 6.92 Å². The summed E-state index contributed by atoms with van der Waals surface area (Å²) < 4.78 is 0. The highest BCUT2D eigenvalue weighted by molar-refractivity contribution is 5.03. The molecule has 2 saturated heterocycles. The van der Waals surface area contributed by atoms with Crippen LogP contribution in [0.4, 0.5) is 0 Å². The highest BCUT2D eigenvalue weighted by Gasteiger charge is 2.29. The number of hydrogen-bond donors (Lipinski definition) is 1. The summed E-state index contributed by atoms with van der Waals surface area (Å²) in [6, 6.07) is 3.22. The van der Waals surface area contributed by atoms with Gasteiger partial charge in [-0.3, -0.25) is 10.2 Å². The minimum Gasteiger partial charge on any atom is -0.302 e. The van der Waals surface area contributed by atoms with Gasteiger partial charge in [0.1, 0.15) is 5.54 Å². The Morgan fingerprint density at radius 1 is 1.30 bits per heavy atom. The molecule has 0 aromatic carbocycles. The maximum atomic E-state index is 9.26. The predicted octanol–water partition coefficient (Wildman–Crippen LogP) is 1.83. The van der Waals surface area contributed by atoms with E-state index in [1.54, 1.807) is 0 Å². The first-order valence-corrected chi connectivity index (χ1v) is 8.29. The maximum Gasteiger partial charge on any atom is 0.103 e. The Hall–Kier alpha value is -0.630. The van der Waals surface area contributed by atoms with Crippen molar-refractivity contribution in [1.29, 1.82) is 5.26 Å². The minimum atomic E-state index is -0.344. The molecule has 2 unspecified atom stereocenters. The monoisotopic (exact) mass is 278 g/mol. The van der Waals surface area contributed by atoms with Crippen LogP contribution < -0.4 is 5.32 Å². The van der Waals surface area contributed by atoms with Crippen LogP contribution in [-0.2, 0) is 0 Å². The molecule has 0 radical (unpaired) electrons. The molecule has 2 aliphatic heterocycles. The topological polar surface area (TPSA) is 42.3 Å². The molecular weight excluding hydrogens is 248 g/mol. The number of nitrogens with zero attached hydrogens (tertiary/aromatic N) is 3. The molecule has 20 heavy (non-hydrogen) atoms. The van der Waals surface area contributed by atoms with Crippen molar-refractivity contribution in [1.82, 2.24) is 15.1 Å². The van der Waals surface area contributed by atoms with Gasteiger partial charge < -0.3 is 4.90 Å². The van der Waals surface area contributed by atoms with Crippen molar-refractivity contribution in [3.8, 4) is 6.07 Å². The fourth-order valence-electron chi connectivity index (χ4n) is 3.65. The Labute approximate surface area is 124 Å². The molecule has 1 N–H and O–H groups in total. The van der Waals surface area contributed by atoms with Crippen LogP contribution in [0.5, 0.6) is 0 Å². The molecule has 2 rings (SSSR count). The highest BCUT2D eigenvalue weighted by atomic mass is 15.3. The standard InChI is InChI=1S/C16H30N4/c1-3-18-16(2,14-17)8-6-9-19-12-7-15(13-19)20-10-4-5-11-20/h15,18H,3-13H2,1-2H3. The van der Waals surface area contributed by atoms with E-state index in [4.69, 9.17) is 0 Å². The van der Waals surface area contributed by atoms with Gasteiger partial charge in [-0.2, -0.15) is 5.26 Å². The Morgan fingerprint density at radius 2 is 2.05 bits per heavy atom. The smallest absolute Gasteiger partial charge is 0.103 e. The summed E-state index contributed by atoms with van der Waals surface area (Å²) >= 11 is 0. The minimum absolute atomic E-state index is 0.344. The molecule has 2 fully saturated rings. The van der Waals surface area contributed by atoms with Gasteiger partial charge in [0.15, 0.2) is 0 Å². The van der Waals surface area contributed by atoms with Crippen LogP contribution >= 0.6 is 0 Å². The first kappa shape index (κ1) is 15.8. The van der Waals surface area contributed by atoms with Crippen LogP contribution in [0.1, 0.15) is 46.0 Å². The molecule has 2 atom stereocenters. The van der Waals surface area contributed by atoms with Gasteiger partial charge in [0.2, 0.25) is 0 Å². The third-order valence-corrected chi connectivity index (χ3v) is 4.87. The molecule has 0 bridgehead atoms. The molecule has 0 aromatic rings. The van der Waals surface area contributed by atoms with E-state index >= 15 is 0 Å². The molecule has 4 nitrogen and oxygen atoms in total. The largest absolute Gasteiger partial charge is 0.302 e. The zero-order valence-electron chi connectivity index (χ0n) is 13.2. The van der Waals surface area contributed by atoms with Crippen molar-refractivity contribution >= 4 is 0 Å². The van der Waals surface area contributed by atoms with Crippen molar-refractivity contribution < 1.29 is 0 Å². The zero-order valence-corrected chi connectivity index (χ0v) is 13.2. The lowest BCUT2D eigenvalue weighted by atomic mass is 9.97. The predicted molar refractivity (Wildman–Crippen MR) is 82.6 cm³/mol. The third kappa shape index (κ3) is 4.18. The van der Waals surface area contributed by atoms with Gasteiger partial charge in [0.25, 0.3) is 0 Å². The van der Waals surface area contributed by atoms with Gasteiger partial charge in [-0.1, -0.05) is 6.92 Å². The lowest BCUT2D eigenvalue weighted by Gasteiger charge is -2.25. The van der Waals surface area contributed by atoms with Gasteiger partial charge in [-0.15, -0.1) is 0 Å². The molecule has 4 heteroatoms. The van der Waals surface area contributed by atoms with Gasteiger partial charge in [-0.25, -0.2) is 0 Å². The average molecular weight is 278 g/mol. The molecular formula is C16H30N4. The second-order valence-corrected chi connectivity index (χ2v) is 6.56. The Kier molecular flexibility index (Phi) is 5.83. The van der Waals surface area contributed by atoms with Crippen LogP contribution in [0.15, 0.2) is 0 Å². The molecule has 0 amide bonds. The summed E-state index contributed by atoms with van der Waals surface area (Å²) in [6.45, 7) is 11.2. The summed E-state index contributed by atoms with van der Waals surface area (Å²) in [6.07, 6.45) is 6.17. The second-order valence-electron chi connectivity index (χ2n) is 6.56. The Balaban J connectivity index is 1.66. The van der Waals surface area contributed by atoms with Crippen LogP contribution in [0.2, 0.25) is 0 Å². The first-order valence-electron chi connectivity index (χ1n) is 8.29. The first-order chi connectivity index (χ1) is 9.67. The summed E-state index contributed by atoms with van der Waals surface area (Å²) in [5, 5.41) is 12.6. The fourth-order valence-corrected chi connectivity index (χ4v) is 3.65. The van der Waals surface area contributed by atoms with Gasteiger partial charge in [-0.05, 0) is 71.8 Å². The van der Waals surface area contributed by atoms with E-state index in [9.17, 15) is 5.26 Å². The quantitative estimate of drug-likeness (QED) is 0.771. The molecule has 0 spiro atoms. The normalized spacial score (nSPS) is 27.6. The number of rotatable bonds is 7. The lowest BCUT2D eigenvalue weighted by molar-refractivity contribution is 0.228. The maximum absolute atomic E-state index is 9.26. The van der Waals surface area contributed by atoms with E-state index in [1.165, 1.54) is 45.4 Å². The number of nitrogens with one attached hydrogen (secondary N) is 1. The van der Waals surface area contributed by atoms with Gasteiger partial charge in [0, 0.05) is 12.6 Å². The molecule has 0 aliphatic carbocycles. The van der Waals surface area contributed by atoms with Crippen LogP contribution in [-0.4, -0.2) is 60.6 Å². The third-order valence-electron chi connectivity index (χ3n) is 4.87. The molecule has 0 aromatic heterocycles. The molecule has 0 saturated carbocycles. The van der Waals surface area contributed by atoms with E-state index in [-0.39, 0.29) is 5.54 Å². The summed E-state index contributed by atoms with van der Waals surface area (Å²) in [5.41, 5.74) is -0.344. The van der Waals surface area contributed by atoms with Gasteiger partial charge in [0.05, 0.1) is 6.07 Å². The average Bonchev–Trinajstić information content (AvgIpc) is 3.09. The van der Waals surface area contributed by atoms with E-state index in [0.717, 1.165) is 32.0 Å². The van der Waals surface area contributed by atoms with E-state index in [2.05, 4.69) is 28.1 Å². The zero-order chi connectivity index (χ0) is 14.4. The summed E-state index contributed by atoms with van der Waals surface area (Å²) in [7, 11) is 0. The van der Waals surface area contributed by atoms with Crippen LogP contribution in [0, 0.1) is 11.3 Å². The van der Waals surface area contributed by atoms with Crippen LogP contribution in [0.3, 0.4) is 0 Å². The van der Waals surface area contributed by atoms with E-state index < -0.39 is 0 Å². The highest BCUT2D eigenvalue weighted by Crippen LogP contribution is 2.21. The Morgan fingerprint density at radius 3 is 2.70 bits per heavy atom. The SMILES string of the molecule is CCNC(C)(C#N)CCCN1CCC(N2CCCC2)C1. The van der Waals surface area contributed by atoms with Crippen molar-refractivity contribution in [2.75, 3.05) is 39.3 Å². The Bertz CT molecular complexity index is 332. The summed E-state index contributed by atoms with van der Waals surface area (Å²) in [5.74, 6) is 0. The van der Waals surface area contributed by atoms with E-state index in [0.29, 0.717) is 0 Å². The van der Waals surface area contributed by atoms with Crippen molar-refractivity contribution in [2.24, 2.45) is 0 Å². The molecule has 2 aliphatic rings. The van der Waals surface area contributed by atoms with Gasteiger partial charge >= 0.3 is 0 Å². The summed E-state index contributed by atoms with van der Waals surface area (Å²) in [4.78, 5) is 5.27. The second kappa shape index (κ2) is 7.40. The number of nitriles is 1. The van der Waals surface area contributed by atoms with Crippen molar-refractivity contribution in [2.45, 2.75) is 57.5 Å². The number of hydrogen-bond acceptors (Lipinski definition) is 4. The van der Waals surface area contributed by atoms with Crippen LogP contribution in [0.25, 0.3) is 0 Å².